The van der Waals surface area contributed by atoms with Crippen molar-refractivity contribution in [2.45, 2.75) is 48.5 Å². The lowest BCUT2D eigenvalue weighted by atomic mass is 9.98. The third kappa shape index (κ3) is 5.81. The van der Waals surface area contributed by atoms with Crippen molar-refractivity contribution in [1.82, 2.24) is 0 Å². The van der Waals surface area contributed by atoms with Crippen molar-refractivity contribution in [3.05, 3.63) is 191 Å². The van der Waals surface area contributed by atoms with Gasteiger partial charge in [-0.2, -0.15) is 0 Å². The second-order valence-corrected chi connectivity index (χ2v) is 16.9. The number of hydrogen-bond acceptors (Lipinski definition) is 4. The number of fused-ring (bicyclic) bond motifs is 8. The molecule has 296 valence electrons. The van der Waals surface area contributed by atoms with Gasteiger partial charge in [-0.25, -0.2) is 0 Å². The van der Waals surface area contributed by atoms with E-state index >= 15 is 0 Å². The molecule has 0 aliphatic carbocycles. The van der Waals surface area contributed by atoms with E-state index in [4.69, 9.17) is 8.83 Å². The lowest BCUT2D eigenvalue weighted by Crippen LogP contribution is -2.13. The molecule has 0 unspecified atom stereocenters. The number of hydrogen-bond donors (Lipinski definition) is 0. The first-order valence-corrected chi connectivity index (χ1v) is 21.2. The zero-order valence-corrected chi connectivity index (χ0v) is 35.6. The number of rotatable bonds is 6. The molecule has 11 aromatic rings. The second-order valence-electron chi connectivity index (χ2n) is 16.9. The third-order valence-corrected chi connectivity index (χ3v) is 13.2. The molecule has 0 N–H and O–H groups in total. The molecule has 0 saturated heterocycles. The molecular weight excluding hydrogens is 745 g/mol. The Morgan fingerprint density at radius 1 is 0.311 bits per heavy atom. The van der Waals surface area contributed by atoms with E-state index in [0.29, 0.717) is 0 Å². The number of nitrogens with zero attached hydrogens (tertiary/aromatic N) is 2. The van der Waals surface area contributed by atoms with Gasteiger partial charge in [0.15, 0.2) is 0 Å². The fourth-order valence-electron chi connectivity index (χ4n) is 9.59. The Bertz CT molecular complexity index is 3350. The summed E-state index contributed by atoms with van der Waals surface area (Å²) >= 11 is 0. The van der Waals surface area contributed by atoms with Gasteiger partial charge >= 0.3 is 0 Å². The molecule has 11 rings (SSSR count). The van der Waals surface area contributed by atoms with Crippen molar-refractivity contribution >= 4 is 99.5 Å². The molecule has 0 aliphatic rings. The highest BCUT2D eigenvalue weighted by Crippen LogP contribution is 2.45. The minimum atomic E-state index is 0.834. The van der Waals surface area contributed by atoms with Gasteiger partial charge in [-0.3, -0.25) is 0 Å². The molecule has 0 radical (unpaired) electrons. The minimum Gasteiger partial charge on any atom is -0.456 e. The molecule has 0 bridgehead atoms. The fraction of sp³-hybridized carbons (Fsp3) is 0.123. The van der Waals surface area contributed by atoms with Crippen molar-refractivity contribution in [3.63, 3.8) is 0 Å². The summed E-state index contributed by atoms with van der Waals surface area (Å²) in [6.45, 7) is 15.4. The van der Waals surface area contributed by atoms with Gasteiger partial charge in [0.05, 0.1) is 0 Å². The number of anilines is 6. The average Bonchev–Trinajstić information content (AvgIpc) is 3.80. The summed E-state index contributed by atoms with van der Waals surface area (Å²) in [6, 6.07) is 55.0. The van der Waals surface area contributed by atoms with Crippen molar-refractivity contribution in [2.24, 2.45) is 0 Å². The Balaban J connectivity index is 1.04. The molecule has 0 spiro atoms. The minimum absolute atomic E-state index is 0.834. The van der Waals surface area contributed by atoms with Crippen LogP contribution in [0.1, 0.15) is 38.9 Å². The van der Waals surface area contributed by atoms with Crippen molar-refractivity contribution < 1.29 is 8.83 Å². The van der Waals surface area contributed by atoms with Gasteiger partial charge in [-0.1, -0.05) is 72.8 Å². The Labute approximate surface area is 355 Å². The molecule has 9 aromatic carbocycles. The summed E-state index contributed by atoms with van der Waals surface area (Å²) in [5.41, 5.74) is 19.0. The van der Waals surface area contributed by atoms with Gasteiger partial charge < -0.3 is 18.6 Å². The van der Waals surface area contributed by atoms with E-state index in [1.54, 1.807) is 0 Å². The zero-order chi connectivity index (χ0) is 41.7. The predicted octanol–water partition coefficient (Wildman–Crippen LogP) is 16.9. The Morgan fingerprint density at radius 2 is 0.721 bits per heavy atom. The van der Waals surface area contributed by atoms with Crippen LogP contribution in [0.2, 0.25) is 0 Å². The smallest absolute Gasteiger partial charge is 0.139 e. The normalized spacial score (nSPS) is 11.9. The summed E-state index contributed by atoms with van der Waals surface area (Å²) in [4.78, 5) is 4.78. The monoisotopic (exact) mass is 790 g/mol. The third-order valence-electron chi connectivity index (χ3n) is 13.2. The van der Waals surface area contributed by atoms with E-state index in [2.05, 4.69) is 210 Å². The maximum atomic E-state index is 6.72. The van der Waals surface area contributed by atoms with Crippen LogP contribution in [0.3, 0.4) is 0 Å². The van der Waals surface area contributed by atoms with Crippen LogP contribution in [-0.4, -0.2) is 0 Å². The molecule has 61 heavy (non-hydrogen) atoms. The summed E-state index contributed by atoms with van der Waals surface area (Å²) in [5, 5.41) is 9.09. The number of aryl methyl sites for hydroxylation is 5. The molecule has 2 heterocycles. The van der Waals surface area contributed by atoms with Crippen LogP contribution >= 0.6 is 0 Å². The van der Waals surface area contributed by atoms with E-state index in [1.165, 1.54) is 72.5 Å². The molecule has 4 heteroatoms. The Kier molecular flexibility index (Phi) is 8.37. The predicted molar refractivity (Wildman–Crippen MR) is 259 cm³/mol. The van der Waals surface area contributed by atoms with Crippen LogP contribution in [0.4, 0.5) is 34.1 Å². The lowest BCUT2D eigenvalue weighted by Gasteiger charge is -2.29. The van der Waals surface area contributed by atoms with Crippen LogP contribution in [0.25, 0.3) is 65.4 Å². The maximum Gasteiger partial charge on any atom is 0.139 e. The van der Waals surface area contributed by atoms with E-state index in [9.17, 15) is 0 Å². The van der Waals surface area contributed by atoms with Crippen molar-refractivity contribution in [2.75, 3.05) is 9.80 Å². The van der Waals surface area contributed by atoms with Crippen LogP contribution in [-0.2, 0) is 0 Å². The SMILES string of the molecule is Cc1ccccc1N(c1ccc2cc3c(cc2c1)oc1cc2oc4cc5cc(N(c6ccccc6C)c6cccc(C)c6C)ccc5cc4c2c(C)c13)c1cccc(C)c1C. The molecule has 2 aromatic heterocycles. The first kappa shape index (κ1) is 36.8. The van der Waals surface area contributed by atoms with Crippen LogP contribution in [0.5, 0.6) is 0 Å². The lowest BCUT2D eigenvalue weighted by molar-refractivity contribution is 0.656. The van der Waals surface area contributed by atoms with Gasteiger partial charge in [-0.15, -0.1) is 0 Å². The zero-order valence-electron chi connectivity index (χ0n) is 35.6. The molecule has 0 atom stereocenters. The maximum absolute atomic E-state index is 6.72. The standard InChI is InChI=1S/C57H46N2O2/c1-33-16-12-20-50(37(33)5)58(48-18-10-8-14-35(48)3)44-24-22-40-28-46-52(30-42(40)26-44)60-54-32-55-57(39(7)56(46)54)47-29-41-23-25-45(27-43(41)31-53(47)61-55)59(49-19-11-9-15-36(49)4)51-21-13-17-34(2)38(51)6/h8-32H,1-7H3. The van der Waals surface area contributed by atoms with Crippen LogP contribution in [0.15, 0.2) is 160 Å². The Morgan fingerprint density at radius 3 is 1.16 bits per heavy atom. The summed E-state index contributed by atoms with van der Waals surface area (Å²) in [5.74, 6) is 0. The quantitative estimate of drug-likeness (QED) is 0.168. The van der Waals surface area contributed by atoms with Crippen LogP contribution < -0.4 is 9.80 Å². The second kappa shape index (κ2) is 13.9. The molecule has 0 aliphatic heterocycles. The Hall–Kier alpha value is -7.30. The van der Waals surface area contributed by atoms with E-state index < -0.39 is 0 Å². The molecule has 0 fully saturated rings. The highest BCUT2D eigenvalue weighted by Gasteiger charge is 2.22. The van der Waals surface area contributed by atoms with Gasteiger partial charge in [0, 0.05) is 61.7 Å². The number of para-hydroxylation sites is 2. The van der Waals surface area contributed by atoms with E-state index in [-0.39, 0.29) is 0 Å². The number of benzene rings is 9. The van der Waals surface area contributed by atoms with Gasteiger partial charge in [0.2, 0.25) is 0 Å². The molecule has 0 saturated carbocycles. The summed E-state index contributed by atoms with van der Waals surface area (Å²) in [7, 11) is 0. The first-order valence-electron chi connectivity index (χ1n) is 21.2. The first-order chi connectivity index (χ1) is 29.6. The average molecular weight is 791 g/mol. The van der Waals surface area contributed by atoms with Crippen LogP contribution in [0, 0.1) is 48.5 Å². The fourth-order valence-corrected chi connectivity index (χ4v) is 9.59. The highest BCUT2D eigenvalue weighted by molar-refractivity contribution is 6.21. The van der Waals surface area contributed by atoms with Gasteiger partial charge in [0.25, 0.3) is 0 Å². The van der Waals surface area contributed by atoms with E-state index in [0.717, 1.165) is 66.0 Å². The molecule has 4 nitrogen and oxygen atoms in total. The molecular formula is C57H46N2O2. The largest absolute Gasteiger partial charge is 0.456 e. The highest BCUT2D eigenvalue weighted by atomic mass is 16.3. The summed E-state index contributed by atoms with van der Waals surface area (Å²) in [6.07, 6.45) is 0. The van der Waals surface area contributed by atoms with E-state index in [1.807, 2.05) is 0 Å². The summed E-state index contributed by atoms with van der Waals surface area (Å²) < 4.78 is 13.4. The van der Waals surface area contributed by atoms with Gasteiger partial charge in [-0.05, 0) is 182 Å². The number of furan rings is 2. The van der Waals surface area contributed by atoms with Crippen molar-refractivity contribution in [1.29, 1.82) is 0 Å². The van der Waals surface area contributed by atoms with Crippen molar-refractivity contribution in [3.8, 4) is 0 Å². The van der Waals surface area contributed by atoms with Gasteiger partial charge in [0.1, 0.15) is 22.3 Å². The molecule has 0 amide bonds. The topological polar surface area (TPSA) is 32.8 Å².